The lowest BCUT2D eigenvalue weighted by molar-refractivity contribution is 0.255. The van der Waals surface area contributed by atoms with Gasteiger partial charge < -0.3 is 10.6 Å². The summed E-state index contributed by atoms with van der Waals surface area (Å²) in [5.74, 6) is 1.48. The summed E-state index contributed by atoms with van der Waals surface area (Å²) >= 11 is 0. The Balaban J connectivity index is 2.20. The van der Waals surface area contributed by atoms with Crippen LogP contribution in [0.2, 0.25) is 0 Å². The first-order valence-electron chi connectivity index (χ1n) is 5.74. The Morgan fingerprint density at radius 1 is 1.50 bits per heavy atom. The van der Waals surface area contributed by atoms with Crippen molar-refractivity contribution in [1.29, 1.82) is 0 Å². The Morgan fingerprint density at radius 2 is 2.21 bits per heavy atom. The van der Waals surface area contributed by atoms with Crippen LogP contribution in [-0.2, 0) is 0 Å². The molecule has 3 unspecified atom stereocenters. The van der Waals surface area contributed by atoms with Crippen LogP contribution in [0.15, 0.2) is 12.2 Å². The van der Waals surface area contributed by atoms with Crippen LogP contribution in [0.5, 0.6) is 0 Å². The van der Waals surface area contributed by atoms with Crippen molar-refractivity contribution >= 4 is 0 Å². The molecule has 0 amide bonds. The molecular weight excluding hydrogens is 172 g/mol. The van der Waals surface area contributed by atoms with Gasteiger partial charge in [0.1, 0.15) is 0 Å². The van der Waals surface area contributed by atoms with E-state index in [2.05, 4.69) is 37.9 Å². The first-order chi connectivity index (χ1) is 6.61. The minimum absolute atomic E-state index is 0.303. The van der Waals surface area contributed by atoms with E-state index < -0.39 is 0 Å². The van der Waals surface area contributed by atoms with Crippen molar-refractivity contribution in [1.82, 2.24) is 4.90 Å². The van der Waals surface area contributed by atoms with Crippen molar-refractivity contribution in [2.45, 2.75) is 32.7 Å². The van der Waals surface area contributed by atoms with E-state index in [4.69, 9.17) is 5.73 Å². The van der Waals surface area contributed by atoms with Crippen molar-refractivity contribution < 1.29 is 0 Å². The molecule has 1 rings (SSSR count). The van der Waals surface area contributed by atoms with Gasteiger partial charge in [-0.1, -0.05) is 32.4 Å². The van der Waals surface area contributed by atoms with Gasteiger partial charge in [0.2, 0.25) is 0 Å². The Hall–Kier alpha value is -0.340. The quantitative estimate of drug-likeness (QED) is 0.680. The van der Waals surface area contributed by atoms with Gasteiger partial charge in [-0.25, -0.2) is 0 Å². The van der Waals surface area contributed by atoms with Crippen LogP contribution in [0.1, 0.15) is 26.7 Å². The molecule has 0 aromatic heterocycles. The molecule has 0 fully saturated rings. The molecule has 2 nitrogen and oxygen atoms in total. The normalized spacial score (nSPS) is 28.6. The van der Waals surface area contributed by atoms with Gasteiger partial charge in [0.15, 0.2) is 0 Å². The summed E-state index contributed by atoms with van der Waals surface area (Å²) in [6, 6.07) is 0.303. The molecule has 0 radical (unpaired) electrons. The van der Waals surface area contributed by atoms with E-state index in [-0.39, 0.29) is 0 Å². The molecule has 2 heteroatoms. The number of rotatable bonds is 5. The molecule has 0 heterocycles. The van der Waals surface area contributed by atoms with Crippen molar-refractivity contribution in [2.24, 2.45) is 17.6 Å². The molecule has 0 aliphatic heterocycles. The van der Waals surface area contributed by atoms with Gasteiger partial charge in [-0.15, -0.1) is 0 Å². The molecule has 3 atom stereocenters. The number of nitrogens with two attached hydrogens (primary N) is 1. The van der Waals surface area contributed by atoms with Crippen LogP contribution in [0.4, 0.5) is 0 Å². The van der Waals surface area contributed by atoms with Crippen LogP contribution in [0, 0.1) is 11.8 Å². The lowest BCUT2D eigenvalue weighted by Gasteiger charge is -2.23. The minimum atomic E-state index is 0.303. The van der Waals surface area contributed by atoms with E-state index in [1.165, 1.54) is 13.0 Å². The first-order valence-corrected chi connectivity index (χ1v) is 5.74. The summed E-state index contributed by atoms with van der Waals surface area (Å²) in [6.45, 7) is 6.93. The van der Waals surface area contributed by atoms with E-state index in [1.807, 2.05) is 0 Å². The Labute approximate surface area is 88.2 Å². The van der Waals surface area contributed by atoms with Crippen LogP contribution >= 0.6 is 0 Å². The molecule has 2 N–H and O–H groups in total. The van der Waals surface area contributed by atoms with Crippen molar-refractivity contribution in [3.8, 4) is 0 Å². The predicted octanol–water partition coefficient (Wildman–Crippen LogP) is 1.87. The maximum Gasteiger partial charge on any atom is 0.0229 e. The Kier molecular flexibility index (Phi) is 4.63. The molecule has 1 aliphatic rings. The fourth-order valence-electron chi connectivity index (χ4n) is 2.08. The summed E-state index contributed by atoms with van der Waals surface area (Å²) in [6.07, 6.45) is 6.81. The zero-order valence-electron chi connectivity index (χ0n) is 9.74. The molecule has 14 heavy (non-hydrogen) atoms. The van der Waals surface area contributed by atoms with Crippen molar-refractivity contribution in [2.75, 3.05) is 20.1 Å². The maximum absolute atomic E-state index is 5.82. The third kappa shape index (κ3) is 3.81. The van der Waals surface area contributed by atoms with E-state index in [0.717, 1.165) is 18.9 Å². The van der Waals surface area contributed by atoms with Gasteiger partial charge >= 0.3 is 0 Å². The second-order valence-corrected chi connectivity index (χ2v) is 4.78. The smallest absolute Gasteiger partial charge is 0.0229 e. The Bertz CT molecular complexity index is 189. The highest BCUT2D eigenvalue weighted by Crippen LogP contribution is 2.17. The highest BCUT2D eigenvalue weighted by molar-refractivity contribution is 5.05. The fourth-order valence-corrected chi connectivity index (χ4v) is 2.08. The standard InChI is InChI=1S/C12H24N2/c1-4-10(2)8-14(3)9-11-5-6-12(13)7-11/h5-6,10-12H,4,7-9,13H2,1-3H3. The number of nitrogens with zero attached hydrogens (tertiary/aromatic N) is 1. The van der Waals surface area contributed by atoms with Crippen molar-refractivity contribution in [3.05, 3.63) is 12.2 Å². The molecule has 0 aromatic carbocycles. The largest absolute Gasteiger partial charge is 0.324 e. The fraction of sp³-hybridized carbons (Fsp3) is 0.833. The molecule has 1 aliphatic carbocycles. The SMILES string of the molecule is CCC(C)CN(C)CC1C=CC(N)C1. The summed E-state index contributed by atoms with van der Waals surface area (Å²) < 4.78 is 0. The average molecular weight is 196 g/mol. The lowest BCUT2D eigenvalue weighted by Crippen LogP contribution is -2.29. The van der Waals surface area contributed by atoms with Gasteiger partial charge in [-0.05, 0) is 25.3 Å². The molecule has 0 saturated carbocycles. The van der Waals surface area contributed by atoms with Crippen molar-refractivity contribution in [3.63, 3.8) is 0 Å². The monoisotopic (exact) mass is 196 g/mol. The molecular formula is C12H24N2. The van der Waals surface area contributed by atoms with Crippen LogP contribution in [0.3, 0.4) is 0 Å². The minimum Gasteiger partial charge on any atom is -0.324 e. The van der Waals surface area contributed by atoms with Crippen LogP contribution < -0.4 is 5.73 Å². The van der Waals surface area contributed by atoms with Crippen LogP contribution in [0.25, 0.3) is 0 Å². The molecule has 0 bridgehead atoms. The number of hydrogen-bond acceptors (Lipinski definition) is 2. The van der Waals surface area contributed by atoms with E-state index in [9.17, 15) is 0 Å². The van der Waals surface area contributed by atoms with Gasteiger partial charge in [0.05, 0.1) is 0 Å². The van der Waals surface area contributed by atoms with Gasteiger partial charge in [-0.2, -0.15) is 0 Å². The second-order valence-electron chi connectivity index (χ2n) is 4.78. The molecule has 0 spiro atoms. The summed E-state index contributed by atoms with van der Waals surface area (Å²) in [5.41, 5.74) is 5.82. The second kappa shape index (κ2) is 5.52. The van der Waals surface area contributed by atoms with E-state index >= 15 is 0 Å². The van der Waals surface area contributed by atoms with Gasteiger partial charge in [0.25, 0.3) is 0 Å². The highest BCUT2D eigenvalue weighted by atomic mass is 15.1. The zero-order chi connectivity index (χ0) is 10.6. The third-order valence-corrected chi connectivity index (χ3v) is 3.07. The summed E-state index contributed by atoms with van der Waals surface area (Å²) in [4.78, 5) is 2.43. The van der Waals surface area contributed by atoms with Gasteiger partial charge in [-0.3, -0.25) is 0 Å². The summed E-state index contributed by atoms with van der Waals surface area (Å²) in [5, 5.41) is 0. The Morgan fingerprint density at radius 3 is 2.71 bits per heavy atom. The van der Waals surface area contributed by atoms with E-state index in [1.54, 1.807) is 0 Å². The average Bonchev–Trinajstić information content (AvgIpc) is 2.50. The van der Waals surface area contributed by atoms with E-state index in [0.29, 0.717) is 12.0 Å². The zero-order valence-corrected chi connectivity index (χ0v) is 9.74. The predicted molar refractivity (Wildman–Crippen MR) is 62.2 cm³/mol. The topological polar surface area (TPSA) is 29.3 Å². The summed E-state index contributed by atoms with van der Waals surface area (Å²) in [7, 11) is 2.21. The lowest BCUT2D eigenvalue weighted by atomic mass is 10.1. The third-order valence-electron chi connectivity index (χ3n) is 3.07. The highest BCUT2D eigenvalue weighted by Gasteiger charge is 2.17. The van der Waals surface area contributed by atoms with Gasteiger partial charge in [0, 0.05) is 19.1 Å². The molecule has 0 saturated heterocycles. The molecule has 82 valence electrons. The maximum atomic E-state index is 5.82. The molecule has 0 aromatic rings. The van der Waals surface area contributed by atoms with Crippen LogP contribution in [-0.4, -0.2) is 31.1 Å². The number of hydrogen-bond donors (Lipinski definition) is 1. The first kappa shape index (κ1) is 11.7.